The Morgan fingerprint density at radius 3 is 1.53 bits per heavy atom. The highest BCUT2D eigenvalue weighted by molar-refractivity contribution is 5.89. The maximum atomic E-state index is 11.0. The Kier molecular flexibility index (Phi) is 2.70. The smallest absolute Gasteiger partial charge is 0.311 e. The number of carbonyl (C=O) groups is 3. The highest BCUT2D eigenvalue weighted by Crippen LogP contribution is 2.48. The van der Waals surface area contributed by atoms with Crippen LogP contribution in [0.25, 0.3) is 0 Å². The summed E-state index contributed by atoms with van der Waals surface area (Å²) < 4.78 is 0. The molecule has 0 saturated heterocycles. The summed E-state index contributed by atoms with van der Waals surface area (Å²) >= 11 is 0. The summed E-state index contributed by atoms with van der Waals surface area (Å²) in [6, 6.07) is 0. The number of rotatable bonds is 3. The first kappa shape index (κ1) is 11.5. The Balaban J connectivity index is 3.14. The van der Waals surface area contributed by atoms with Gasteiger partial charge in [0.2, 0.25) is 0 Å². The van der Waals surface area contributed by atoms with Crippen molar-refractivity contribution >= 4 is 17.9 Å². The molecule has 0 aromatic rings. The van der Waals surface area contributed by atoms with E-state index in [1.165, 1.54) is 6.92 Å². The molecule has 6 heteroatoms. The van der Waals surface area contributed by atoms with E-state index in [1.807, 2.05) is 0 Å². The topological polar surface area (TPSA) is 112 Å². The van der Waals surface area contributed by atoms with Gasteiger partial charge in [0, 0.05) is 0 Å². The van der Waals surface area contributed by atoms with Crippen LogP contribution in [0.4, 0.5) is 0 Å². The summed E-state index contributed by atoms with van der Waals surface area (Å²) in [7, 11) is 0. The lowest BCUT2D eigenvalue weighted by atomic mass is 9.73. The zero-order valence-corrected chi connectivity index (χ0v) is 8.14. The first-order chi connectivity index (χ1) is 6.81. The van der Waals surface area contributed by atoms with Crippen molar-refractivity contribution in [1.82, 2.24) is 0 Å². The maximum absolute atomic E-state index is 11.0. The van der Waals surface area contributed by atoms with Gasteiger partial charge in [-0.3, -0.25) is 14.4 Å². The monoisotopic (exact) mass is 216 g/mol. The molecule has 2 unspecified atom stereocenters. The fraction of sp³-hybridized carbons (Fsp3) is 0.667. The number of hydrogen-bond acceptors (Lipinski definition) is 3. The third-order valence-electron chi connectivity index (χ3n) is 3.25. The standard InChI is InChI=1S/C9H12O6/c1-9(8(14)15)4(6(10)11)2-3-5(9)7(12)13/h4-5H,2-3H2,1H3,(H,10,11)(H,12,13)(H,14,15). The van der Waals surface area contributed by atoms with Crippen molar-refractivity contribution < 1.29 is 29.7 Å². The van der Waals surface area contributed by atoms with Crippen molar-refractivity contribution in [3.63, 3.8) is 0 Å². The molecule has 0 spiro atoms. The van der Waals surface area contributed by atoms with Crippen LogP contribution in [0.15, 0.2) is 0 Å². The Labute approximate surface area is 85.5 Å². The van der Waals surface area contributed by atoms with Gasteiger partial charge in [0.1, 0.15) is 0 Å². The average Bonchev–Trinajstić information content (AvgIpc) is 2.43. The third kappa shape index (κ3) is 1.55. The lowest BCUT2D eigenvalue weighted by Crippen LogP contribution is -2.43. The minimum Gasteiger partial charge on any atom is -0.481 e. The van der Waals surface area contributed by atoms with Gasteiger partial charge in [-0.2, -0.15) is 0 Å². The van der Waals surface area contributed by atoms with Crippen molar-refractivity contribution in [2.24, 2.45) is 17.3 Å². The fourth-order valence-electron chi connectivity index (χ4n) is 2.23. The van der Waals surface area contributed by atoms with Crippen molar-refractivity contribution in [2.75, 3.05) is 0 Å². The van der Waals surface area contributed by atoms with Crippen molar-refractivity contribution in [3.05, 3.63) is 0 Å². The zero-order chi connectivity index (χ0) is 11.8. The van der Waals surface area contributed by atoms with Crippen molar-refractivity contribution in [1.29, 1.82) is 0 Å². The van der Waals surface area contributed by atoms with Crippen LogP contribution < -0.4 is 0 Å². The van der Waals surface area contributed by atoms with Crippen LogP contribution in [-0.4, -0.2) is 33.2 Å². The summed E-state index contributed by atoms with van der Waals surface area (Å²) in [4.78, 5) is 32.7. The molecule has 15 heavy (non-hydrogen) atoms. The van der Waals surface area contributed by atoms with Gasteiger partial charge in [0.25, 0.3) is 0 Å². The Morgan fingerprint density at radius 2 is 1.33 bits per heavy atom. The Hall–Kier alpha value is -1.59. The molecule has 2 atom stereocenters. The molecule has 1 saturated carbocycles. The van der Waals surface area contributed by atoms with E-state index < -0.39 is 35.2 Å². The predicted octanol–water partition coefficient (Wildman–Crippen LogP) is 0.273. The second-order valence-corrected chi connectivity index (χ2v) is 3.95. The first-order valence-corrected chi connectivity index (χ1v) is 4.50. The van der Waals surface area contributed by atoms with Crippen LogP contribution in [0.2, 0.25) is 0 Å². The van der Waals surface area contributed by atoms with E-state index >= 15 is 0 Å². The third-order valence-corrected chi connectivity index (χ3v) is 3.25. The normalized spacial score (nSPS) is 35.0. The van der Waals surface area contributed by atoms with E-state index in [-0.39, 0.29) is 12.8 Å². The van der Waals surface area contributed by atoms with Crippen LogP contribution >= 0.6 is 0 Å². The molecule has 0 amide bonds. The summed E-state index contributed by atoms with van der Waals surface area (Å²) in [5, 5.41) is 26.7. The summed E-state index contributed by atoms with van der Waals surface area (Å²) in [6.07, 6.45) is 0.185. The van der Waals surface area contributed by atoms with Crippen LogP contribution in [0.3, 0.4) is 0 Å². The SMILES string of the molecule is CC1(C(=O)O)C(C(=O)O)CCC1C(=O)O. The Bertz CT molecular complexity index is 299. The quantitative estimate of drug-likeness (QED) is 0.624. The lowest BCUT2D eigenvalue weighted by molar-refractivity contribution is -0.167. The van der Waals surface area contributed by atoms with Gasteiger partial charge in [-0.05, 0) is 19.8 Å². The van der Waals surface area contributed by atoms with E-state index in [2.05, 4.69) is 0 Å². The van der Waals surface area contributed by atoms with Gasteiger partial charge in [-0.25, -0.2) is 0 Å². The van der Waals surface area contributed by atoms with E-state index in [9.17, 15) is 14.4 Å². The molecule has 1 aliphatic rings. The van der Waals surface area contributed by atoms with Gasteiger partial charge >= 0.3 is 17.9 Å². The lowest BCUT2D eigenvalue weighted by Gasteiger charge is -2.27. The number of carboxylic acids is 3. The zero-order valence-electron chi connectivity index (χ0n) is 8.14. The minimum absolute atomic E-state index is 0.0924. The van der Waals surface area contributed by atoms with Crippen LogP contribution in [0, 0.1) is 17.3 Å². The molecule has 0 bridgehead atoms. The van der Waals surface area contributed by atoms with Gasteiger partial charge in [0.05, 0.1) is 17.3 Å². The molecule has 3 N–H and O–H groups in total. The first-order valence-electron chi connectivity index (χ1n) is 4.50. The van der Waals surface area contributed by atoms with E-state index in [1.54, 1.807) is 0 Å². The summed E-state index contributed by atoms with van der Waals surface area (Å²) in [5.41, 5.74) is -1.71. The van der Waals surface area contributed by atoms with E-state index in [0.29, 0.717) is 0 Å². The van der Waals surface area contributed by atoms with Gasteiger partial charge in [-0.1, -0.05) is 0 Å². The second kappa shape index (κ2) is 3.52. The molecule has 1 aliphatic carbocycles. The molecule has 1 rings (SSSR count). The van der Waals surface area contributed by atoms with E-state index in [4.69, 9.17) is 15.3 Å². The number of hydrogen-bond donors (Lipinski definition) is 3. The predicted molar refractivity (Wildman–Crippen MR) is 47.2 cm³/mol. The molecule has 0 aromatic carbocycles. The minimum atomic E-state index is -1.71. The molecule has 84 valence electrons. The van der Waals surface area contributed by atoms with Gasteiger partial charge < -0.3 is 15.3 Å². The number of carboxylic acid groups (broad SMARTS) is 3. The number of aliphatic carboxylic acids is 3. The van der Waals surface area contributed by atoms with Crippen molar-refractivity contribution in [3.8, 4) is 0 Å². The maximum Gasteiger partial charge on any atom is 0.311 e. The van der Waals surface area contributed by atoms with Crippen LogP contribution in [0.5, 0.6) is 0 Å². The molecule has 0 radical (unpaired) electrons. The second-order valence-electron chi connectivity index (χ2n) is 3.95. The Morgan fingerprint density at radius 1 is 1.00 bits per heavy atom. The molecule has 0 aromatic heterocycles. The molecule has 0 heterocycles. The molecule has 1 fully saturated rings. The summed E-state index contributed by atoms with van der Waals surface area (Å²) in [6.45, 7) is 1.19. The highest BCUT2D eigenvalue weighted by Gasteiger charge is 2.58. The molecular weight excluding hydrogens is 204 g/mol. The highest BCUT2D eigenvalue weighted by atomic mass is 16.4. The van der Waals surface area contributed by atoms with Gasteiger partial charge in [-0.15, -0.1) is 0 Å². The van der Waals surface area contributed by atoms with Crippen molar-refractivity contribution in [2.45, 2.75) is 19.8 Å². The molecular formula is C9H12O6. The van der Waals surface area contributed by atoms with E-state index in [0.717, 1.165) is 0 Å². The largest absolute Gasteiger partial charge is 0.481 e. The van der Waals surface area contributed by atoms with Crippen LogP contribution in [0.1, 0.15) is 19.8 Å². The summed E-state index contributed by atoms with van der Waals surface area (Å²) in [5.74, 6) is -6.11. The van der Waals surface area contributed by atoms with Gasteiger partial charge in [0.15, 0.2) is 0 Å². The fourth-order valence-corrected chi connectivity index (χ4v) is 2.23. The molecule has 0 aliphatic heterocycles. The average molecular weight is 216 g/mol. The van der Waals surface area contributed by atoms with Crippen LogP contribution in [-0.2, 0) is 14.4 Å². The molecule has 6 nitrogen and oxygen atoms in total.